The van der Waals surface area contributed by atoms with Crippen molar-refractivity contribution in [2.45, 2.75) is 6.54 Å². The number of nitrogens with zero attached hydrogens (tertiary/aromatic N) is 3. The van der Waals surface area contributed by atoms with Crippen LogP contribution in [0.25, 0.3) is 10.2 Å². The molecule has 1 aliphatic rings. The molecule has 0 bridgehead atoms. The maximum Gasteiger partial charge on any atom is 0.141 e. The highest BCUT2D eigenvalue weighted by Crippen LogP contribution is 2.26. The van der Waals surface area contributed by atoms with E-state index in [0.29, 0.717) is 0 Å². The van der Waals surface area contributed by atoms with E-state index in [4.69, 9.17) is 4.74 Å². The Kier molecular flexibility index (Phi) is 4.50. The molecule has 0 unspecified atom stereocenters. The van der Waals surface area contributed by atoms with E-state index >= 15 is 0 Å². The van der Waals surface area contributed by atoms with Gasteiger partial charge in [-0.25, -0.2) is 14.4 Å². The number of rotatable bonds is 4. The summed E-state index contributed by atoms with van der Waals surface area (Å²) in [6.07, 6.45) is 1.64. The highest BCUT2D eigenvalue weighted by atomic mass is 32.1. The van der Waals surface area contributed by atoms with Crippen molar-refractivity contribution in [1.29, 1.82) is 0 Å². The molecule has 3 heterocycles. The topological polar surface area (TPSA) is 42.7 Å². The Balaban J connectivity index is 1.45. The van der Waals surface area contributed by atoms with Crippen LogP contribution in [-0.2, 0) is 6.54 Å². The summed E-state index contributed by atoms with van der Waals surface area (Å²) < 4.78 is 18.9. The number of quaternary nitrogens is 1. The third-order valence-electron chi connectivity index (χ3n) is 4.69. The van der Waals surface area contributed by atoms with Crippen LogP contribution in [0, 0.1) is 5.82 Å². The van der Waals surface area contributed by atoms with Crippen LogP contribution in [0.5, 0.6) is 5.75 Å². The first-order valence-electron chi connectivity index (χ1n) is 8.34. The van der Waals surface area contributed by atoms with Gasteiger partial charge in [-0.05, 0) is 29.6 Å². The van der Waals surface area contributed by atoms with Crippen LogP contribution < -0.4 is 14.5 Å². The molecule has 3 aromatic rings. The Morgan fingerprint density at radius 2 is 2.08 bits per heavy atom. The molecule has 1 aromatic carbocycles. The van der Waals surface area contributed by atoms with Crippen molar-refractivity contribution in [2.24, 2.45) is 0 Å². The van der Waals surface area contributed by atoms with Gasteiger partial charge in [0.15, 0.2) is 0 Å². The zero-order chi connectivity index (χ0) is 17.2. The Hall–Kier alpha value is -2.25. The maximum absolute atomic E-state index is 13.6. The molecule has 0 atom stereocenters. The van der Waals surface area contributed by atoms with Crippen molar-refractivity contribution in [1.82, 2.24) is 9.97 Å². The summed E-state index contributed by atoms with van der Waals surface area (Å²) in [5.74, 6) is 1.57. The summed E-state index contributed by atoms with van der Waals surface area (Å²) in [5.41, 5.74) is 0.924. The van der Waals surface area contributed by atoms with E-state index in [-0.39, 0.29) is 5.82 Å². The Morgan fingerprint density at radius 3 is 2.88 bits per heavy atom. The summed E-state index contributed by atoms with van der Waals surface area (Å²) in [7, 11) is 1.63. The molecular weight excluding hydrogens is 339 g/mol. The molecule has 25 heavy (non-hydrogen) atoms. The number of halogens is 1. The number of hydrogen-bond donors (Lipinski definition) is 1. The van der Waals surface area contributed by atoms with Gasteiger partial charge in [-0.3, -0.25) is 0 Å². The zero-order valence-corrected chi connectivity index (χ0v) is 14.9. The summed E-state index contributed by atoms with van der Waals surface area (Å²) >= 11 is 1.64. The van der Waals surface area contributed by atoms with Gasteiger partial charge in [0.2, 0.25) is 0 Å². The summed E-state index contributed by atoms with van der Waals surface area (Å²) in [5, 5.41) is 3.18. The number of nitrogens with one attached hydrogen (secondary N) is 1. The molecule has 1 N–H and O–H groups in total. The van der Waals surface area contributed by atoms with Crippen LogP contribution in [-0.4, -0.2) is 43.3 Å². The van der Waals surface area contributed by atoms with Crippen molar-refractivity contribution in [3.05, 3.63) is 47.4 Å². The smallest absolute Gasteiger partial charge is 0.141 e. The Labute approximate surface area is 149 Å². The van der Waals surface area contributed by atoms with Crippen LogP contribution in [0.15, 0.2) is 36.0 Å². The van der Waals surface area contributed by atoms with E-state index in [1.165, 1.54) is 11.0 Å². The minimum Gasteiger partial charge on any atom is -0.496 e. The number of anilines is 1. The molecule has 1 aliphatic heterocycles. The van der Waals surface area contributed by atoms with Crippen LogP contribution in [0.1, 0.15) is 5.56 Å². The molecule has 0 radical (unpaired) electrons. The number of thiophene rings is 1. The summed E-state index contributed by atoms with van der Waals surface area (Å²) in [6, 6.07) is 6.81. The molecule has 2 aromatic heterocycles. The van der Waals surface area contributed by atoms with E-state index in [9.17, 15) is 4.39 Å². The van der Waals surface area contributed by atoms with Crippen molar-refractivity contribution in [2.75, 3.05) is 38.2 Å². The van der Waals surface area contributed by atoms with E-state index < -0.39 is 0 Å². The second kappa shape index (κ2) is 6.93. The Morgan fingerprint density at radius 1 is 1.24 bits per heavy atom. The lowest BCUT2D eigenvalue weighted by Gasteiger charge is -2.33. The van der Waals surface area contributed by atoms with Gasteiger partial charge in [-0.2, -0.15) is 0 Å². The van der Waals surface area contributed by atoms with Crippen molar-refractivity contribution >= 4 is 27.4 Å². The van der Waals surface area contributed by atoms with E-state index in [2.05, 4.69) is 26.3 Å². The molecule has 1 saturated heterocycles. The predicted molar refractivity (Wildman–Crippen MR) is 97.0 cm³/mol. The minimum atomic E-state index is -0.213. The van der Waals surface area contributed by atoms with Crippen LogP contribution in [0.2, 0.25) is 0 Å². The molecule has 0 amide bonds. The fourth-order valence-corrected chi connectivity index (χ4v) is 4.12. The normalized spacial score (nSPS) is 15.7. The molecule has 130 valence electrons. The van der Waals surface area contributed by atoms with Gasteiger partial charge in [-0.1, -0.05) is 0 Å². The number of ether oxygens (including phenoxy) is 1. The van der Waals surface area contributed by atoms with Crippen LogP contribution in [0.4, 0.5) is 10.2 Å². The molecule has 0 spiro atoms. The van der Waals surface area contributed by atoms with Crippen LogP contribution >= 0.6 is 11.3 Å². The fraction of sp³-hybridized carbons (Fsp3) is 0.333. The predicted octanol–water partition coefficient (Wildman–Crippen LogP) is 1.74. The SMILES string of the molecule is COc1ccc(F)cc1C[NH+]1CCN(c2ncnc3sccc23)CC1. The molecule has 0 aliphatic carbocycles. The second-order valence-corrected chi connectivity index (χ2v) is 7.10. The number of aromatic nitrogens is 2. The number of fused-ring (bicyclic) bond motifs is 1. The van der Waals surface area contributed by atoms with Gasteiger partial charge in [0.25, 0.3) is 0 Å². The number of benzene rings is 1. The standard InChI is InChI=1S/C18H19FN4OS/c1-24-16-3-2-14(19)10-13(16)11-22-5-7-23(8-6-22)17-15-4-9-25-18(15)21-12-20-17/h2-4,9-10,12H,5-8,11H2,1H3/p+1. The molecular formula is C18H20FN4OS+. The molecule has 7 heteroatoms. The second-order valence-electron chi connectivity index (χ2n) is 6.21. The van der Waals surface area contributed by atoms with E-state index in [1.54, 1.807) is 36.9 Å². The molecule has 5 nitrogen and oxygen atoms in total. The third-order valence-corrected chi connectivity index (χ3v) is 5.51. The van der Waals surface area contributed by atoms with Crippen molar-refractivity contribution in [3.8, 4) is 5.75 Å². The first-order valence-corrected chi connectivity index (χ1v) is 9.21. The monoisotopic (exact) mass is 359 g/mol. The lowest BCUT2D eigenvalue weighted by Crippen LogP contribution is -3.13. The summed E-state index contributed by atoms with van der Waals surface area (Å²) in [6.45, 7) is 4.58. The highest BCUT2D eigenvalue weighted by molar-refractivity contribution is 7.16. The fourth-order valence-electron chi connectivity index (χ4n) is 3.40. The lowest BCUT2D eigenvalue weighted by atomic mass is 10.1. The number of piperazine rings is 1. The van der Waals surface area contributed by atoms with E-state index in [0.717, 1.165) is 60.1 Å². The van der Waals surface area contributed by atoms with Crippen molar-refractivity contribution in [3.63, 3.8) is 0 Å². The highest BCUT2D eigenvalue weighted by Gasteiger charge is 2.23. The van der Waals surface area contributed by atoms with Gasteiger partial charge in [0.05, 0.1) is 44.2 Å². The first-order chi connectivity index (χ1) is 12.2. The van der Waals surface area contributed by atoms with Gasteiger partial charge >= 0.3 is 0 Å². The van der Waals surface area contributed by atoms with Gasteiger partial charge in [0, 0.05) is 0 Å². The quantitative estimate of drug-likeness (QED) is 0.771. The lowest BCUT2D eigenvalue weighted by molar-refractivity contribution is -0.914. The average Bonchev–Trinajstić information content (AvgIpc) is 3.11. The number of methoxy groups -OCH3 is 1. The minimum absolute atomic E-state index is 0.213. The van der Waals surface area contributed by atoms with E-state index in [1.807, 2.05) is 0 Å². The first kappa shape index (κ1) is 16.2. The van der Waals surface area contributed by atoms with Gasteiger partial charge < -0.3 is 14.5 Å². The van der Waals surface area contributed by atoms with Gasteiger partial charge in [-0.15, -0.1) is 11.3 Å². The summed E-state index contributed by atoms with van der Waals surface area (Å²) in [4.78, 5) is 13.6. The largest absolute Gasteiger partial charge is 0.496 e. The molecule has 4 rings (SSSR count). The van der Waals surface area contributed by atoms with Crippen molar-refractivity contribution < 1.29 is 14.0 Å². The third kappa shape index (κ3) is 3.29. The Bertz CT molecular complexity index is 876. The average molecular weight is 359 g/mol. The van der Waals surface area contributed by atoms with Gasteiger partial charge in [0.1, 0.15) is 35.1 Å². The van der Waals surface area contributed by atoms with Crippen LogP contribution in [0.3, 0.4) is 0 Å². The molecule has 1 fully saturated rings. The maximum atomic E-state index is 13.6. The molecule has 0 saturated carbocycles. The number of hydrogen-bond acceptors (Lipinski definition) is 5. The zero-order valence-electron chi connectivity index (χ0n) is 14.0.